The lowest BCUT2D eigenvalue weighted by Crippen LogP contribution is -2.61. The summed E-state index contributed by atoms with van der Waals surface area (Å²) >= 11 is 1.87. The van der Waals surface area contributed by atoms with E-state index in [4.69, 9.17) is 0 Å². The van der Waals surface area contributed by atoms with Gasteiger partial charge in [0, 0.05) is 54.2 Å². The Labute approximate surface area is 298 Å². The second-order valence-electron chi connectivity index (χ2n) is 14.1. The van der Waals surface area contributed by atoms with Crippen molar-refractivity contribution in [3.8, 4) is 11.1 Å². The van der Waals surface area contributed by atoms with E-state index in [2.05, 4.69) is 177 Å². The van der Waals surface area contributed by atoms with Crippen molar-refractivity contribution in [3.63, 3.8) is 0 Å². The zero-order valence-electron chi connectivity index (χ0n) is 28.7. The highest BCUT2D eigenvalue weighted by molar-refractivity contribution is 7.25. The Morgan fingerprint density at radius 1 is 0.440 bits per heavy atom. The van der Waals surface area contributed by atoms with Crippen LogP contribution in [0.15, 0.2) is 140 Å². The molecule has 2 nitrogen and oxygen atoms in total. The fraction of sp³-hybridized carbons (Fsp3) is 0.0870. The van der Waals surface area contributed by atoms with E-state index in [1.54, 1.807) is 0 Å². The minimum Gasteiger partial charge on any atom is -0.311 e. The van der Waals surface area contributed by atoms with Crippen molar-refractivity contribution in [1.29, 1.82) is 0 Å². The van der Waals surface area contributed by atoms with Gasteiger partial charge in [-0.2, -0.15) is 0 Å². The Morgan fingerprint density at radius 2 is 1.04 bits per heavy atom. The minimum atomic E-state index is 0.117. The van der Waals surface area contributed by atoms with Gasteiger partial charge in [-0.3, -0.25) is 0 Å². The van der Waals surface area contributed by atoms with Crippen LogP contribution in [-0.2, 0) is 0 Å². The number of aryl methyl sites for hydroxylation is 4. The maximum atomic E-state index is 2.54. The molecule has 0 fully saturated rings. The smallest absolute Gasteiger partial charge is 0.252 e. The molecule has 0 spiro atoms. The van der Waals surface area contributed by atoms with Gasteiger partial charge in [0.1, 0.15) is 0 Å². The van der Waals surface area contributed by atoms with Crippen LogP contribution in [0.4, 0.5) is 34.1 Å². The van der Waals surface area contributed by atoms with Crippen LogP contribution in [0.2, 0.25) is 0 Å². The Bertz CT molecular complexity index is 2670. The molecule has 3 heterocycles. The highest BCUT2D eigenvalue weighted by atomic mass is 32.1. The molecule has 0 unspecified atom stereocenters. The predicted octanol–water partition coefficient (Wildman–Crippen LogP) is 11.0. The Kier molecular flexibility index (Phi) is 6.44. The third kappa shape index (κ3) is 4.35. The first-order valence-corrected chi connectivity index (χ1v) is 18.3. The second-order valence-corrected chi connectivity index (χ2v) is 15.2. The van der Waals surface area contributed by atoms with Crippen LogP contribution in [0.1, 0.15) is 22.3 Å². The molecule has 7 aromatic carbocycles. The van der Waals surface area contributed by atoms with Crippen LogP contribution < -0.4 is 26.2 Å². The SMILES string of the molecule is Cc1ccc(N2c3ccc(C)cc3B3c4cc(C)ccc4N(c4ccc(C)cc4-c4ccc5sc6ccccc6c5c4)c4cccc2c43)cc1. The monoisotopic (exact) mass is 658 g/mol. The van der Waals surface area contributed by atoms with Crippen molar-refractivity contribution in [3.05, 3.63) is 162 Å². The predicted molar refractivity (Wildman–Crippen MR) is 218 cm³/mol. The topological polar surface area (TPSA) is 6.48 Å². The van der Waals surface area contributed by atoms with Gasteiger partial charge in [0.05, 0.1) is 5.69 Å². The van der Waals surface area contributed by atoms with Crippen LogP contribution >= 0.6 is 11.3 Å². The van der Waals surface area contributed by atoms with Gasteiger partial charge in [-0.05, 0) is 116 Å². The number of thiophene rings is 1. The summed E-state index contributed by atoms with van der Waals surface area (Å²) in [6, 6.07) is 52.7. The van der Waals surface area contributed by atoms with Gasteiger partial charge in [0.2, 0.25) is 0 Å². The maximum Gasteiger partial charge on any atom is 0.252 e. The zero-order chi connectivity index (χ0) is 33.7. The van der Waals surface area contributed by atoms with E-state index in [9.17, 15) is 0 Å². The van der Waals surface area contributed by atoms with E-state index >= 15 is 0 Å². The highest BCUT2D eigenvalue weighted by Gasteiger charge is 2.43. The molecule has 50 heavy (non-hydrogen) atoms. The Morgan fingerprint density at radius 3 is 1.78 bits per heavy atom. The number of nitrogens with zero attached hydrogens (tertiary/aromatic N) is 2. The number of fused-ring (bicyclic) bond motifs is 7. The molecule has 8 aromatic rings. The molecule has 0 atom stereocenters. The van der Waals surface area contributed by atoms with Crippen molar-refractivity contribution in [2.45, 2.75) is 27.7 Å². The third-order valence-corrected chi connectivity index (χ3v) is 11.8. The first-order chi connectivity index (χ1) is 24.4. The molecule has 0 bridgehead atoms. The molecule has 0 N–H and O–H groups in total. The lowest BCUT2D eigenvalue weighted by Gasteiger charge is -2.44. The van der Waals surface area contributed by atoms with Crippen molar-refractivity contribution in [2.75, 3.05) is 9.80 Å². The maximum absolute atomic E-state index is 2.54. The molecule has 2 aliphatic rings. The van der Waals surface area contributed by atoms with Gasteiger partial charge in [-0.25, -0.2) is 0 Å². The Hall–Kier alpha value is -5.58. The molecule has 4 heteroatoms. The zero-order valence-corrected chi connectivity index (χ0v) is 29.5. The number of anilines is 6. The van der Waals surface area contributed by atoms with Crippen molar-refractivity contribution >= 4 is 88.7 Å². The normalized spacial score (nSPS) is 13.1. The molecular formula is C46H35BN2S. The molecule has 0 aliphatic carbocycles. The molecule has 0 radical (unpaired) electrons. The molecule has 1 aromatic heterocycles. The lowest BCUT2D eigenvalue weighted by molar-refractivity contribution is 1.24. The third-order valence-electron chi connectivity index (χ3n) is 10.7. The molecule has 2 aliphatic heterocycles. The standard InChI is InChI=1S/C46H35BN2S/c1-28-12-18-33(19-13-28)48-40-21-15-30(3)25-37(40)47-38-26-31(4)16-22-41(38)49(43-10-7-9-42(48)46(43)47)39-20-14-29(2)24-35(39)32-17-23-45-36(27-32)34-8-5-6-11-44(34)50-45/h5-27H,1-4H3. The number of hydrogen-bond donors (Lipinski definition) is 0. The highest BCUT2D eigenvalue weighted by Crippen LogP contribution is 2.47. The van der Waals surface area contributed by atoms with Crippen molar-refractivity contribution < 1.29 is 0 Å². The molecule has 10 rings (SSSR count). The molecule has 238 valence electrons. The average Bonchev–Trinajstić information content (AvgIpc) is 3.50. The second kappa shape index (κ2) is 11.0. The summed E-state index contributed by atoms with van der Waals surface area (Å²) in [5, 5.41) is 2.65. The number of benzene rings is 7. The first kappa shape index (κ1) is 29.4. The largest absolute Gasteiger partial charge is 0.311 e. The number of hydrogen-bond acceptors (Lipinski definition) is 3. The van der Waals surface area contributed by atoms with E-state index in [0.717, 1.165) is 0 Å². The Balaban J connectivity index is 1.26. The van der Waals surface area contributed by atoms with E-state index in [-0.39, 0.29) is 6.71 Å². The molecule has 0 saturated carbocycles. The lowest BCUT2D eigenvalue weighted by atomic mass is 9.33. The minimum absolute atomic E-state index is 0.117. The van der Waals surface area contributed by atoms with Gasteiger partial charge < -0.3 is 9.80 Å². The van der Waals surface area contributed by atoms with Crippen LogP contribution in [0, 0.1) is 27.7 Å². The quantitative estimate of drug-likeness (QED) is 0.174. The van der Waals surface area contributed by atoms with Gasteiger partial charge >= 0.3 is 0 Å². The molecular weight excluding hydrogens is 623 g/mol. The van der Waals surface area contributed by atoms with Crippen LogP contribution in [0.3, 0.4) is 0 Å². The van der Waals surface area contributed by atoms with E-state index < -0.39 is 0 Å². The summed E-state index contributed by atoms with van der Waals surface area (Å²) in [7, 11) is 0. The van der Waals surface area contributed by atoms with Crippen molar-refractivity contribution in [2.24, 2.45) is 0 Å². The summed E-state index contributed by atoms with van der Waals surface area (Å²) in [6.45, 7) is 8.93. The van der Waals surface area contributed by atoms with E-state index in [0.29, 0.717) is 0 Å². The summed E-state index contributed by atoms with van der Waals surface area (Å²) in [4.78, 5) is 5.02. The summed E-state index contributed by atoms with van der Waals surface area (Å²) in [6.07, 6.45) is 0. The fourth-order valence-corrected chi connectivity index (χ4v) is 9.47. The van der Waals surface area contributed by atoms with Gasteiger partial charge in [-0.15, -0.1) is 11.3 Å². The van der Waals surface area contributed by atoms with Crippen molar-refractivity contribution in [1.82, 2.24) is 0 Å². The average molecular weight is 659 g/mol. The molecule has 0 saturated heterocycles. The summed E-state index contributed by atoms with van der Waals surface area (Å²) in [5.41, 5.74) is 19.0. The van der Waals surface area contributed by atoms with E-state index in [1.807, 2.05) is 11.3 Å². The number of rotatable bonds is 3. The van der Waals surface area contributed by atoms with E-state index in [1.165, 1.54) is 104 Å². The van der Waals surface area contributed by atoms with Gasteiger partial charge in [0.25, 0.3) is 6.71 Å². The molecule has 0 amide bonds. The van der Waals surface area contributed by atoms with Gasteiger partial charge in [-0.1, -0.05) is 95.1 Å². The summed E-state index contributed by atoms with van der Waals surface area (Å²) < 4.78 is 2.66. The summed E-state index contributed by atoms with van der Waals surface area (Å²) in [5.74, 6) is 0. The van der Waals surface area contributed by atoms with Crippen LogP contribution in [0.5, 0.6) is 0 Å². The van der Waals surface area contributed by atoms with Gasteiger partial charge in [0.15, 0.2) is 0 Å². The van der Waals surface area contributed by atoms with Crippen LogP contribution in [-0.4, -0.2) is 6.71 Å². The van der Waals surface area contributed by atoms with Crippen LogP contribution in [0.25, 0.3) is 31.3 Å². The first-order valence-electron chi connectivity index (χ1n) is 17.5. The fourth-order valence-electron chi connectivity index (χ4n) is 8.38.